The van der Waals surface area contributed by atoms with E-state index in [-0.39, 0.29) is 18.6 Å². The Morgan fingerprint density at radius 2 is 1.77 bits per heavy atom. The summed E-state index contributed by atoms with van der Waals surface area (Å²) in [5.41, 5.74) is 0.175. The van der Waals surface area contributed by atoms with Crippen LogP contribution in [-0.2, 0) is 0 Å². The van der Waals surface area contributed by atoms with Crippen LogP contribution in [0.5, 0.6) is 0 Å². The predicted molar refractivity (Wildman–Crippen MR) is 54.7 cm³/mol. The molecule has 0 aliphatic rings. The molecule has 0 heterocycles. The summed E-state index contributed by atoms with van der Waals surface area (Å²) in [6.07, 6.45) is 2.72. The molecule has 0 spiro atoms. The molecule has 0 unspecified atom stereocenters. The van der Waals surface area contributed by atoms with Crippen molar-refractivity contribution in [2.45, 2.75) is 33.1 Å². The molecule has 0 rings (SSSR count). The van der Waals surface area contributed by atoms with E-state index in [4.69, 9.17) is 10.2 Å². The van der Waals surface area contributed by atoms with Gasteiger partial charge in [-0.05, 0) is 31.2 Å². The van der Waals surface area contributed by atoms with Crippen LogP contribution in [0.25, 0.3) is 0 Å². The fourth-order valence-corrected chi connectivity index (χ4v) is 1.18. The Balaban J connectivity index is 3.29. The van der Waals surface area contributed by atoms with Gasteiger partial charge >= 0.3 is 0 Å². The molecule has 0 aliphatic heterocycles. The normalized spacial score (nSPS) is 12.0. The van der Waals surface area contributed by atoms with Crippen molar-refractivity contribution in [1.82, 2.24) is 5.32 Å². The Labute approximate surface area is 81.2 Å². The average molecular weight is 189 g/mol. The minimum atomic E-state index is 0.175. The first-order valence-corrected chi connectivity index (χ1v) is 5.05. The van der Waals surface area contributed by atoms with Crippen LogP contribution in [0.2, 0.25) is 0 Å². The van der Waals surface area contributed by atoms with Gasteiger partial charge in [-0.3, -0.25) is 0 Å². The summed E-state index contributed by atoms with van der Waals surface area (Å²) in [7, 11) is 0. The lowest BCUT2D eigenvalue weighted by Gasteiger charge is -2.23. The van der Waals surface area contributed by atoms with E-state index in [0.29, 0.717) is 0 Å². The van der Waals surface area contributed by atoms with Gasteiger partial charge in [0.05, 0.1) is 0 Å². The van der Waals surface area contributed by atoms with Gasteiger partial charge in [-0.15, -0.1) is 0 Å². The summed E-state index contributed by atoms with van der Waals surface area (Å²) in [6.45, 7) is 6.70. The van der Waals surface area contributed by atoms with Crippen LogP contribution in [0.4, 0.5) is 0 Å². The molecule has 0 aliphatic carbocycles. The molecule has 0 aromatic carbocycles. The maximum Gasteiger partial charge on any atom is 0.0436 e. The second kappa shape index (κ2) is 7.30. The molecule has 0 aromatic rings. The number of aliphatic hydroxyl groups is 2. The first-order chi connectivity index (χ1) is 6.12. The summed E-state index contributed by atoms with van der Waals surface area (Å²) in [5, 5.41) is 20.7. The molecule has 0 atom stereocenters. The third-order valence-corrected chi connectivity index (χ3v) is 2.15. The number of nitrogens with one attached hydrogen (secondary N) is 1. The maximum absolute atomic E-state index is 8.78. The smallest absolute Gasteiger partial charge is 0.0436 e. The topological polar surface area (TPSA) is 52.5 Å². The van der Waals surface area contributed by atoms with E-state index in [9.17, 15) is 0 Å². The summed E-state index contributed by atoms with van der Waals surface area (Å²) in [5.74, 6) is 0. The number of unbranched alkanes of at least 4 members (excludes halogenated alkanes) is 1. The summed E-state index contributed by atoms with van der Waals surface area (Å²) >= 11 is 0. The molecule has 3 heteroatoms. The monoisotopic (exact) mass is 189 g/mol. The van der Waals surface area contributed by atoms with Crippen LogP contribution < -0.4 is 5.32 Å². The number of hydrogen-bond acceptors (Lipinski definition) is 3. The van der Waals surface area contributed by atoms with Gasteiger partial charge in [-0.1, -0.05) is 13.8 Å². The fraction of sp³-hybridized carbons (Fsp3) is 1.00. The van der Waals surface area contributed by atoms with Crippen LogP contribution in [0.3, 0.4) is 0 Å². The number of hydrogen-bond donors (Lipinski definition) is 3. The molecule has 80 valence electrons. The summed E-state index contributed by atoms with van der Waals surface area (Å²) in [4.78, 5) is 0. The van der Waals surface area contributed by atoms with E-state index in [2.05, 4.69) is 19.2 Å². The average Bonchev–Trinajstić information content (AvgIpc) is 2.04. The first kappa shape index (κ1) is 12.9. The fourth-order valence-electron chi connectivity index (χ4n) is 1.18. The molecule has 0 bridgehead atoms. The Kier molecular flexibility index (Phi) is 7.23. The minimum Gasteiger partial charge on any atom is -0.396 e. The molecular weight excluding hydrogens is 166 g/mol. The Hall–Kier alpha value is -0.120. The molecular formula is C10H23NO2. The van der Waals surface area contributed by atoms with Crippen LogP contribution in [0, 0.1) is 5.41 Å². The van der Waals surface area contributed by atoms with Gasteiger partial charge in [0.25, 0.3) is 0 Å². The molecule has 0 saturated carbocycles. The molecule has 3 nitrogen and oxygen atoms in total. The molecule has 0 fully saturated rings. The lowest BCUT2D eigenvalue weighted by Crippen LogP contribution is -2.30. The van der Waals surface area contributed by atoms with Gasteiger partial charge in [-0.25, -0.2) is 0 Å². The predicted octanol–water partition coefficient (Wildman–Crippen LogP) is 0.757. The molecule has 3 N–H and O–H groups in total. The summed E-state index contributed by atoms with van der Waals surface area (Å²) in [6, 6.07) is 0. The molecule has 0 amide bonds. The van der Waals surface area contributed by atoms with Crippen LogP contribution in [0.1, 0.15) is 33.1 Å². The van der Waals surface area contributed by atoms with Crippen molar-refractivity contribution in [1.29, 1.82) is 0 Å². The highest BCUT2D eigenvalue weighted by Crippen LogP contribution is 2.17. The lowest BCUT2D eigenvalue weighted by atomic mass is 9.90. The third kappa shape index (κ3) is 8.22. The van der Waals surface area contributed by atoms with Gasteiger partial charge in [0.15, 0.2) is 0 Å². The van der Waals surface area contributed by atoms with Crippen molar-refractivity contribution in [3.8, 4) is 0 Å². The zero-order valence-electron chi connectivity index (χ0n) is 8.84. The highest BCUT2D eigenvalue weighted by Gasteiger charge is 2.15. The zero-order chi connectivity index (χ0) is 10.2. The highest BCUT2D eigenvalue weighted by atomic mass is 16.3. The maximum atomic E-state index is 8.78. The van der Waals surface area contributed by atoms with Gasteiger partial charge in [-0.2, -0.15) is 0 Å². The van der Waals surface area contributed by atoms with E-state index < -0.39 is 0 Å². The second-order valence-corrected chi connectivity index (χ2v) is 4.25. The van der Waals surface area contributed by atoms with Gasteiger partial charge in [0, 0.05) is 19.8 Å². The van der Waals surface area contributed by atoms with Crippen LogP contribution in [-0.4, -0.2) is 36.5 Å². The van der Waals surface area contributed by atoms with E-state index in [1.165, 1.54) is 0 Å². The minimum absolute atomic E-state index is 0.175. The second-order valence-electron chi connectivity index (χ2n) is 4.25. The van der Waals surface area contributed by atoms with E-state index in [0.717, 1.165) is 32.4 Å². The van der Waals surface area contributed by atoms with E-state index >= 15 is 0 Å². The van der Waals surface area contributed by atoms with Gasteiger partial charge in [0.2, 0.25) is 0 Å². The van der Waals surface area contributed by atoms with Crippen molar-refractivity contribution in [2.24, 2.45) is 5.41 Å². The van der Waals surface area contributed by atoms with Crippen molar-refractivity contribution >= 4 is 0 Å². The summed E-state index contributed by atoms with van der Waals surface area (Å²) < 4.78 is 0. The van der Waals surface area contributed by atoms with Crippen molar-refractivity contribution in [2.75, 3.05) is 26.3 Å². The standard InChI is InChI=1S/C10H23NO2/c1-10(2,5-8-13)9-11-6-3-4-7-12/h11-13H,3-9H2,1-2H3. The molecule has 0 aromatic heterocycles. The van der Waals surface area contributed by atoms with Crippen molar-refractivity contribution < 1.29 is 10.2 Å². The Morgan fingerprint density at radius 3 is 2.31 bits per heavy atom. The Morgan fingerprint density at radius 1 is 1.08 bits per heavy atom. The number of rotatable bonds is 8. The SMILES string of the molecule is CC(C)(CCO)CNCCCCO. The highest BCUT2D eigenvalue weighted by molar-refractivity contribution is 4.70. The van der Waals surface area contributed by atoms with Crippen LogP contribution >= 0.6 is 0 Å². The third-order valence-electron chi connectivity index (χ3n) is 2.15. The zero-order valence-corrected chi connectivity index (χ0v) is 8.84. The van der Waals surface area contributed by atoms with E-state index in [1.54, 1.807) is 0 Å². The van der Waals surface area contributed by atoms with E-state index in [1.807, 2.05) is 0 Å². The molecule has 0 radical (unpaired) electrons. The molecule has 0 saturated heterocycles. The Bertz CT molecular complexity index is 115. The molecule has 13 heavy (non-hydrogen) atoms. The van der Waals surface area contributed by atoms with Crippen LogP contribution in [0.15, 0.2) is 0 Å². The van der Waals surface area contributed by atoms with Gasteiger partial charge in [0.1, 0.15) is 0 Å². The lowest BCUT2D eigenvalue weighted by molar-refractivity contribution is 0.206. The quantitative estimate of drug-likeness (QED) is 0.494. The number of aliphatic hydroxyl groups excluding tert-OH is 2. The first-order valence-electron chi connectivity index (χ1n) is 5.05. The van der Waals surface area contributed by atoms with Gasteiger partial charge < -0.3 is 15.5 Å². The van der Waals surface area contributed by atoms with Crippen molar-refractivity contribution in [3.63, 3.8) is 0 Å². The van der Waals surface area contributed by atoms with Crippen molar-refractivity contribution in [3.05, 3.63) is 0 Å². The largest absolute Gasteiger partial charge is 0.396 e.